The molecule has 7 heteroatoms. The Kier molecular flexibility index (Phi) is 2.33. The maximum Gasteiger partial charge on any atom is 0.182 e. The van der Waals surface area contributed by atoms with Gasteiger partial charge in [-0.1, -0.05) is 0 Å². The van der Waals surface area contributed by atoms with Crippen LogP contribution < -0.4 is 0 Å². The van der Waals surface area contributed by atoms with E-state index < -0.39 is 0 Å². The summed E-state index contributed by atoms with van der Waals surface area (Å²) >= 11 is 3.11. The van der Waals surface area contributed by atoms with Crippen molar-refractivity contribution >= 4 is 34.3 Å². The van der Waals surface area contributed by atoms with Gasteiger partial charge in [-0.2, -0.15) is 0 Å². The summed E-state index contributed by atoms with van der Waals surface area (Å²) < 4.78 is 0. The molecule has 0 atom stereocenters. The number of rotatable bonds is 2. The number of aromatic nitrogens is 5. The molecule has 0 aliphatic heterocycles. The highest BCUT2D eigenvalue weighted by atomic mass is 32.2. The van der Waals surface area contributed by atoms with Crippen molar-refractivity contribution in [1.29, 1.82) is 0 Å². The summed E-state index contributed by atoms with van der Waals surface area (Å²) in [7, 11) is 0. The van der Waals surface area contributed by atoms with Crippen molar-refractivity contribution in [3.8, 4) is 11.5 Å². The van der Waals surface area contributed by atoms with Crippen LogP contribution in [0.15, 0.2) is 22.2 Å². The Morgan fingerprint density at radius 2 is 2.25 bits per heavy atom. The minimum absolute atomic E-state index is 0.683. The first-order valence-electron chi connectivity index (χ1n) is 4.52. The number of imidazole rings is 1. The summed E-state index contributed by atoms with van der Waals surface area (Å²) in [5.41, 5.74) is 4.18. The van der Waals surface area contributed by atoms with Crippen LogP contribution in [0.2, 0.25) is 0 Å². The second-order valence-corrected chi connectivity index (χ2v) is 4.55. The molecule has 0 bridgehead atoms. The number of hydrogen-bond acceptors (Lipinski definition) is 6. The highest BCUT2D eigenvalue weighted by Gasteiger charge is 2.10. The summed E-state index contributed by atoms with van der Waals surface area (Å²) in [5, 5.41) is 2.85. The van der Waals surface area contributed by atoms with E-state index in [2.05, 4.69) is 24.9 Å². The van der Waals surface area contributed by atoms with Crippen LogP contribution in [0.1, 0.15) is 0 Å². The maximum absolute atomic E-state index is 4.39. The summed E-state index contributed by atoms with van der Waals surface area (Å²) in [6.07, 6.45) is 3.50. The number of nitrogens with one attached hydrogen (secondary N) is 1. The Bertz CT molecular complexity index is 616. The molecule has 0 spiro atoms. The first kappa shape index (κ1) is 9.73. The van der Waals surface area contributed by atoms with Gasteiger partial charge in [0.05, 0.1) is 5.51 Å². The van der Waals surface area contributed by atoms with Gasteiger partial charge in [-0.15, -0.1) is 23.1 Å². The molecule has 0 saturated heterocycles. The maximum atomic E-state index is 4.39. The predicted octanol–water partition coefficient (Wildman–Crippen LogP) is 2.20. The van der Waals surface area contributed by atoms with Gasteiger partial charge in [0, 0.05) is 5.38 Å². The molecule has 0 unspecified atom stereocenters. The van der Waals surface area contributed by atoms with E-state index in [1.807, 2.05) is 11.6 Å². The molecule has 0 amide bonds. The largest absolute Gasteiger partial charge is 0.333 e. The molecule has 5 nitrogen and oxygen atoms in total. The Hall–Kier alpha value is -1.47. The summed E-state index contributed by atoms with van der Waals surface area (Å²) in [6.45, 7) is 0. The number of H-pyrrole nitrogens is 1. The molecule has 3 aromatic heterocycles. The average molecular weight is 249 g/mol. The van der Waals surface area contributed by atoms with Crippen LogP contribution in [-0.2, 0) is 0 Å². The van der Waals surface area contributed by atoms with E-state index >= 15 is 0 Å². The van der Waals surface area contributed by atoms with Crippen molar-refractivity contribution in [2.75, 3.05) is 6.26 Å². The van der Waals surface area contributed by atoms with Gasteiger partial charge in [0.15, 0.2) is 11.5 Å². The lowest BCUT2D eigenvalue weighted by Crippen LogP contribution is -1.83. The molecule has 3 rings (SSSR count). The van der Waals surface area contributed by atoms with Crippen molar-refractivity contribution in [3.63, 3.8) is 0 Å². The molecular formula is C9H7N5S2. The lowest BCUT2D eigenvalue weighted by atomic mass is 10.5. The van der Waals surface area contributed by atoms with E-state index in [0.29, 0.717) is 5.65 Å². The number of thiazole rings is 1. The molecule has 0 aliphatic carbocycles. The number of thioether (sulfide) groups is 1. The molecule has 0 aromatic carbocycles. The van der Waals surface area contributed by atoms with Gasteiger partial charge < -0.3 is 4.98 Å². The van der Waals surface area contributed by atoms with Gasteiger partial charge in [0.1, 0.15) is 22.6 Å². The second-order valence-electron chi connectivity index (χ2n) is 3.04. The minimum Gasteiger partial charge on any atom is -0.333 e. The molecule has 3 aromatic rings. The Balaban J connectivity index is 2.23. The zero-order valence-electron chi connectivity index (χ0n) is 8.34. The van der Waals surface area contributed by atoms with E-state index in [1.165, 1.54) is 6.33 Å². The monoisotopic (exact) mass is 249 g/mol. The topological polar surface area (TPSA) is 67.3 Å². The van der Waals surface area contributed by atoms with Crippen LogP contribution in [0.5, 0.6) is 0 Å². The normalized spacial score (nSPS) is 11.1. The van der Waals surface area contributed by atoms with E-state index in [1.54, 1.807) is 28.6 Å². The summed E-state index contributed by atoms with van der Waals surface area (Å²) in [5.74, 6) is 0.743. The van der Waals surface area contributed by atoms with Gasteiger partial charge in [0.2, 0.25) is 0 Å². The number of hydrogen-bond donors (Lipinski definition) is 1. The van der Waals surface area contributed by atoms with Crippen LogP contribution in [-0.4, -0.2) is 31.2 Å². The Labute approximate surface area is 99.4 Å². The molecule has 0 radical (unpaired) electrons. The fourth-order valence-electron chi connectivity index (χ4n) is 1.41. The SMILES string of the molecule is CSc1ncnc2nc(-c3cscn3)[nH]c12. The Morgan fingerprint density at radius 3 is 3.00 bits per heavy atom. The van der Waals surface area contributed by atoms with Crippen molar-refractivity contribution in [2.24, 2.45) is 0 Å². The third-order valence-electron chi connectivity index (χ3n) is 2.12. The highest BCUT2D eigenvalue weighted by Crippen LogP contribution is 2.24. The fraction of sp³-hybridized carbons (Fsp3) is 0.111. The van der Waals surface area contributed by atoms with Gasteiger partial charge in [-0.3, -0.25) is 0 Å². The van der Waals surface area contributed by atoms with E-state index in [4.69, 9.17) is 0 Å². The molecule has 0 aliphatic rings. The van der Waals surface area contributed by atoms with Crippen LogP contribution in [0.3, 0.4) is 0 Å². The Morgan fingerprint density at radius 1 is 1.31 bits per heavy atom. The smallest absolute Gasteiger partial charge is 0.182 e. The van der Waals surface area contributed by atoms with Gasteiger partial charge in [-0.25, -0.2) is 19.9 Å². The number of nitrogens with zero attached hydrogens (tertiary/aromatic N) is 4. The first-order chi connectivity index (χ1) is 7.88. The predicted molar refractivity (Wildman–Crippen MR) is 64.6 cm³/mol. The van der Waals surface area contributed by atoms with Crippen molar-refractivity contribution in [3.05, 3.63) is 17.2 Å². The molecule has 0 fully saturated rings. The molecule has 0 saturated carbocycles. The summed E-state index contributed by atoms with van der Waals surface area (Å²) in [4.78, 5) is 20.1. The van der Waals surface area contributed by atoms with Crippen LogP contribution >= 0.6 is 23.1 Å². The molecular weight excluding hydrogens is 242 g/mol. The fourth-order valence-corrected chi connectivity index (χ4v) is 2.45. The molecule has 3 heterocycles. The second kappa shape index (κ2) is 3.84. The van der Waals surface area contributed by atoms with Crippen LogP contribution in [0.4, 0.5) is 0 Å². The van der Waals surface area contributed by atoms with E-state index in [9.17, 15) is 0 Å². The standard InChI is InChI=1S/C9H7N5S2/c1-15-9-6-8(10-3-11-9)14-7(13-6)5-2-16-4-12-5/h2-4H,1H3,(H,10,11,13,14). The number of fused-ring (bicyclic) bond motifs is 1. The van der Waals surface area contributed by atoms with E-state index in [-0.39, 0.29) is 0 Å². The average Bonchev–Trinajstić information content (AvgIpc) is 2.96. The molecule has 80 valence electrons. The van der Waals surface area contributed by atoms with Gasteiger partial charge in [0.25, 0.3) is 0 Å². The third kappa shape index (κ3) is 1.48. The molecule has 16 heavy (non-hydrogen) atoms. The van der Waals surface area contributed by atoms with Crippen LogP contribution in [0, 0.1) is 0 Å². The minimum atomic E-state index is 0.683. The lowest BCUT2D eigenvalue weighted by Gasteiger charge is -1.93. The zero-order valence-corrected chi connectivity index (χ0v) is 9.97. The third-order valence-corrected chi connectivity index (χ3v) is 3.40. The summed E-state index contributed by atoms with van der Waals surface area (Å²) in [6, 6.07) is 0. The molecule has 1 N–H and O–H groups in total. The quantitative estimate of drug-likeness (QED) is 0.557. The van der Waals surface area contributed by atoms with Crippen molar-refractivity contribution in [1.82, 2.24) is 24.9 Å². The van der Waals surface area contributed by atoms with Crippen molar-refractivity contribution in [2.45, 2.75) is 5.03 Å². The van der Waals surface area contributed by atoms with Crippen LogP contribution in [0.25, 0.3) is 22.7 Å². The highest BCUT2D eigenvalue weighted by molar-refractivity contribution is 7.98. The zero-order chi connectivity index (χ0) is 11.0. The van der Waals surface area contributed by atoms with E-state index in [0.717, 1.165) is 22.1 Å². The lowest BCUT2D eigenvalue weighted by molar-refractivity contribution is 1.09. The first-order valence-corrected chi connectivity index (χ1v) is 6.68. The van der Waals surface area contributed by atoms with Gasteiger partial charge in [-0.05, 0) is 6.26 Å². The van der Waals surface area contributed by atoms with Gasteiger partial charge >= 0.3 is 0 Å². The number of aromatic amines is 1. The van der Waals surface area contributed by atoms with Crippen molar-refractivity contribution < 1.29 is 0 Å².